The Morgan fingerprint density at radius 3 is 2.60 bits per heavy atom. The number of likely N-dealkylation sites (N-methyl/N-ethyl adjacent to an activating group) is 2. The molecule has 0 aromatic carbocycles. The van der Waals surface area contributed by atoms with Crippen LogP contribution in [0.1, 0.15) is 46.5 Å². The normalized spacial score (nSPS) is 16.2. The Balaban J connectivity index is 2.57. The maximum atomic E-state index is 12.5. The summed E-state index contributed by atoms with van der Waals surface area (Å²) < 4.78 is 0. The molecule has 2 N–H and O–H groups in total. The molecule has 1 aliphatic carbocycles. The SMILES string of the molecule is CCN(C(=O)CN(C)CC(C)(C)CN)C1=CCCCC1. The second kappa shape index (κ2) is 7.79. The third-order valence-electron chi connectivity index (χ3n) is 3.89. The van der Waals surface area contributed by atoms with Crippen LogP contribution in [-0.2, 0) is 4.79 Å². The Morgan fingerprint density at radius 1 is 1.40 bits per heavy atom. The first kappa shape index (κ1) is 17.2. The van der Waals surface area contributed by atoms with E-state index in [9.17, 15) is 4.79 Å². The number of rotatable bonds is 7. The molecule has 0 aromatic rings. The standard InChI is InChI=1S/C16H31N3O/c1-5-19(14-9-7-6-8-10-14)15(20)11-18(4)13-16(2,3)12-17/h9H,5-8,10-13,17H2,1-4H3. The molecule has 4 heteroatoms. The summed E-state index contributed by atoms with van der Waals surface area (Å²) in [6.07, 6.45) is 6.83. The summed E-state index contributed by atoms with van der Waals surface area (Å²) in [6.45, 7) is 9.02. The minimum atomic E-state index is 0.0518. The van der Waals surface area contributed by atoms with Gasteiger partial charge in [-0.3, -0.25) is 9.69 Å². The number of amides is 1. The van der Waals surface area contributed by atoms with Gasteiger partial charge in [-0.15, -0.1) is 0 Å². The lowest BCUT2D eigenvalue weighted by atomic mass is 9.93. The van der Waals surface area contributed by atoms with Gasteiger partial charge in [-0.25, -0.2) is 0 Å². The lowest BCUT2D eigenvalue weighted by Gasteiger charge is -2.31. The van der Waals surface area contributed by atoms with Crippen molar-refractivity contribution >= 4 is 5.91 Å². The molecule has 0 aromatic heterocycles. The van der Waals surface area contributed by atoms with E-state index in [0.717, 1.165) is 25.9 Å². The van der Waals surface area contributed by atoms with Gasteiger partial charge in [-0.1, -0.05) is 19.9 Å². The predicted molar refractivity (Wildman–Crippen MR) is 84.3 cm³/mol. The quantitative estimate of drug-likeness (QED) is 0.778. The number of allylic oxidation sites excluding steroid dienone is 2. The van der Waals surface area contributed by atoms with E-state index >= 15 is 0 Å². The second-order valence-electron chi connectivity index (χ2n) is 6.62. The van der Waals surface area contributed by atoms with Crippen LogP contribution in [0.4, 0.5) is 0 Å². The Bertz CT molecular complexity index is 350. The van der Waals surface area contributed by atoms with Crippen LogP contribution in [0, 0.1) is 5.41 Å². The van der Waals surface area contributed by atoms with Crippen molar-refractivity contribution in [3.63, 3.8) is 0 Å². The first-order chi connectivity index (χ1) is 9.39. The first-order valence-corrected chi connectivity index (χ1v) is 7.77. The molecule has 1 amide bonds. The van der Waals surface area contributed by atoms with E-state index in [1.807, 2.05) is 11.9 Å². The molecule has 1 aliphatic rings. The highest BCUT2D eigenvalue weighted by Crippen LogP contribution is 2.21. The summed E-state index contributed by atoms with van der Waals surface area (Å²) in [4.78, 5) is 16.5. The average molecular weight is 281 g/mol. The maximum absolute atomic E-state index is 12.5. The largest absolute Gasteiger partial charge is 0.330 e. The minimum absolute atomic E-state index is 0.0518. The molecule has 0 aliphatic heterocycles. The second-order valence-corrected chi connectivity index (χ2v) is 6.62. The zero-order valence-corrected chi connectivity index (χ0v) is 13.6. The Hall–Kier alpha value is -0.870. The molecule has 0 bridgehead atoms. The molecule has 116 valence electrons. The van der Waals surface area contributed by atoms with Crippen LogP contribution >= 0.6 is 0 Å². The van der Waals surface area contributed by atoms with Crippen molar-refractivity contribution in [2.45, 2.75) is 46.5 Å². The molecular weight excluding hydrogens is 250 g/mol. The van der Waals surface area contributed by atoms with E-state index in [1.54, 1.807) is 0 Å². The van der Waals surface area contributed by atoms with Gasteiger partial charge >= 0.3 is 0 Å². The number of nitrogens with two attached hydrogens (primary N) is 1. The predicted octanol–water partition coefficient (Wildman–Crippen LogP) is 2.21. The van der Waals surface area contributed by atoms with Gasteiger partial charge in [-0.05, 0) is 51.6 Å². The van der Waals surface area contributed by atoms with Gasteiger partial charge in [0, 0.05) is 18.8 Å². The van der Waals surface area contributed by atoms with Crippen LogP contribution in [0.5, 0.6) is 0 Å². The van der Waals surface area contributed by atoms with Crippen molar-refractivity contribution in [2.75, 3.05) is 33.2 Å². The molecule has 0 saturated heterocycles. The molecule has 0 spiro atoms. The summed E-state index contributed by atoms with van der Waals surface area (Å²) >= 11 is 0. The van der Waals surface area contributed by atoms with Crippen molar-refractivity contribution < 1.29 is 4.79 Å². The van der Waals surface area contributed by atoms with E-state index in [4.69, 9.17) is 5.73 Å². The average Bonchev–Trinajstić information content (AvgIpc) is 2.40. The molecule has 0 fully saturated rings. The van der Waals surface area contributed by atoms with Crippen molar-refractivity contribution in [3.05, 3.63) is 11.8 Å². The Labute approximate surface area is 124 Å². The molecule has 0 saturated carbocycles. The lowest BCUT2D eigenvalue weighted by molar-refractivity contribution is -0.130. The fourth-order valence-electron chi connectivity index (χ4n) is 2.77. The third kappa shape index (κ3) is 5.25. The summed E-state index contributed by atoms with van der Waals surface area (Å²) in [7, 11) is 2.00. The number of nitrogens with zero attached hydrogens (tertiary/aromatic N) is 2. The van der Waals surface area contributed by atoms with Crippen molar-refractivity contribution in [1.29, 1.82) is 0 Å². The van der Waals surface area contributed by atoms with Gasteiger partial charge < -0.3 is 10.6 Å². The number of carbonyl (C=O) groups excluding carboxylic acids is 1. The molecule has 20 heavy (non-hydrogen) atoms. The van der Waals surface area contributed by atoms with Crippen LogP contribution in [-0.4, -0.2) is 48.9 Å². The van der Waals surface area contributed by atoms with E-state index in [2.05, 4.69) is 31.7 Å². The van der Waals surface area contributed by atoms with Gasteiger partial charge in [-0.2, -0.15) is 0 Å². The van der Waals surface area contributed by atoms with Crippen LogP contribution in [0.3, 0.4) is 0 Å². The number of hydrogen-bond acceptors (Lipinski definition) is 3. The highest BCUT2D eigenvalue weighted by molar-refractivity contribution is 5.80. The van der Waals surface area contributed by atoms with Crippen molar-refractivity contribution in [2.24, 2.45) is 11.1 Å². The summed E-state index contributed by atoms with van der Waals surface area (Å²) in [5, 5.41) is 0. The van der Waals surface area contributed by atoms with Gasteiger partial charge in [0.1, 0.15) is 0 Å². The smallest absolute Gasteiger partial charge is 0.240 e. The van der Waals surface area contributed by atoms with Crippen LogP contribution < -0.4 is 5.73 Å². The maximum Gasteiger partial charge on any atom is 0.240 e. The molecule has 0 heterocycles. The molecule has 0 unspecified atom stereocenters. The minimum Gasteiger partial charge on any atom is -0.330 e. The molecule has 0 atom stereocenters. The van der Waals surface area contributed by atoms with E-state index < -0.39 is 0 Å². The molecule has 1 rings (SSSR count). The van der Waals surface area contributed by atoms with Crippen molar-refractivity contribution in [1.82, 2.24) is 9.80 Å². The Kier molecular flexibility index (Phi) is 6.69. The van der Waals surface area contributed by atoms with Gasteiger partial charge in [0.2, 0.25) is 5.91 Å². The van der Waals surface area contributed by atoms with Gasteiger partial charge in [0.05, 0.1) is 6.54 Å². The van der Waals surface area contributed by atoms with E-state index in [0.29, 0.717) is 13.1 Å². The topological polar surface area (TPSA) is 49.6 Å². The highest BCUT2D eigenvalue weighted by Gasteiger charge is 2.22. The number of hydrogen-bond donors (Lipinski definition) is 1. The molecule has 0 radical (unpaired) electrons. The molecular formula is C16H31N3O. The summed E-state index contributed by atoms with van der Waals surface area (Å²) in [6, 6.07) is 0. The van der Waals surface area contributed by atoms with E-state index in [1.165, 1.54) is 18.5 Å². The fourth-order valence-corrected chi connectivity index (χ4v) is 2.77. The Morgan fingerprint density at radius 2 is 2.10 bits per heavy atom. The van der Waals surface area contributed by atoms with Gasteiger partial charge in [0.15, 0.2) is 0 Å². The third-order valence-corrected chi connectivity index (χ3v) is 3.89. The molecule has 4 nitrogen and oxygen atoms in total. The first-order valence-electron chi connectivity index (χ1n) is 7.77. The summed E-state index contributed by atoms with van der Waals surface area (Å²) in [5.41, 5.74) is 7.03. The van der Waals surface area contributed by atoms with E-state index in [-0.39, 0.29) is 11.3 Å². The monoisotopic (exact) mass is 281 g/mol. The fraction of sp³-hybridized carbons (Fsp3) is 0.812. The van der Waals surface area contributed by atoms with Crippen LogP contribution in [0.15, 0.2) is 11.8 Å². The zero-order chi connectivity index (χ0) is 15.2. The number of carbonyl (C=O) groups is 1. The van der Waals surface area contributed by atoms with Crippen LogP contribution in [0.25, 0.3) is 0 Å². The van der Waals surface area contributed by atoms with Crippen LogP contribution in [0.2, 0.25) is 0 Å². The lowest BCUT2D eigenvalue weighted by Crippen LogP contribution is -2.43. The highest BCUT2D eigenvalue weighted by atomic mass is 16.2. The van der Waals surface area contributed by atoms with Crippen molar-refractivity contribution in [3.8, 4) is 0 Å². The summed E-state index contributed by atoms with van der Waals surface area (Å²) in [5.74, 6) is 0.205. The zero-order valence-electron chi connectivity index (χ0n) is 13.6. The van der Waals surface area contributed by atoms with Gasteiger partial charge in [0.25, 0.3) is 0 Å².